The average molecular weight is 308 g/mol. The predicted octanol–water partition coefficient (Wildman–Crippen LogP) is 2.63. The summed E-state index contributed by atoms with van der Waals surface area (Å²) in [5.41, 5.74) is 1.41. The van der Waals surface area contributed by atoms with E-state index in [9.17, 15) is 4.39 Å². The molecule has 0 saturated carbocycles. The molecule has 0 bridgehead atoms. The van der Waals surface area contributed by atoms with Crippen LogP contribution in [0.2, 0.25) is 0 Å². The fourth-order valence-electron chi connectivity index (χ4n) is 1.18. The summed E-state index contributed by atoms with van der Waals surface area (Å²) in [5.74, 6) is -0.384. The van der Waals surface area contributed by atoms with E-state index in [0.717, 1.165) is 11.9 Å². The largest absolute Gasteiger partial charge is 0.385 e. The molecule has 16 heavy (non-hydrogen) atoms. The van der Waals surface area contributed by atoms with Gasteiger partial charge in [0.1, 0.15) is 5.82 Å². The summed E-state index contributed by atoms with van der Waals surface area (Å²) in [7, 11) is 1.79. The third-order valence-electron chi connectivity index (χ3n) is 1.89. The minimum Gasteiger partial charge on any atom is -0.385 e. The molecule has 2 rings (SSSR count). The van der Waals surface area contributed by atoms with E-state index < -0.39 is 0 Å². The van der Waals surface area contributed by atoms with Gasteiger partial charge in [-0.05, 0) is 15.9 Å². The van der Waals surface area contributed by atoms with Crippen molar-refractivity contribution < 1.29 is 4.39 Å². The van der Waals surface area contributed by atoms with Gasteiger partial charge >= 0.3 is 0 Å². The fourth-order valence-corrected chi connectivity index (χ4v) is 1.65. The number of hydrogen-bond donors (Lipinski definition) is 1. The second-order valence-electron chi connectivity index (χ2n) is 2.89. The minimum absolute atomic E-state index is 0. The van der Waals surface area contributed by atoms with Crippen LogP contribution < -0.4 is 5.32 Å². The average Bonchev–Trinajstić information content (AvgIpc) is 2.60. The van der Waals surface area contributed by atoms with Crippen LogP contribution in [0.1, 0.15) is 0 Å². The number of hydrogen-bond acceptors (Lipinski definition) is 3. The van der Waals surface area contributed by atoms with Crippen molar-refractivity contribution in [1.82, 2.24) is 14.8 Å². The van der Waals surface area contributed by atoms with Gasteiger partial charge in [-0.25, -0.2) is 9.07 Å². The van der Waals surface area contributed by atoms with Crippen LogP contribution in [0.15, 0.2) is 29.3 Å². The third-order valence-corrected chi connectivity index (χ3v) is 2.48. The van der Waals surface area contributed by atoms with Gasteiger partial charge in [-0.15, -0.1) is 12.4 Å². The second-order valence-corrected chi connectivity index (χ2v) is 3.64. The molecule has 0 aliphatic carbocycles. The zero-order valence-electron chi connectivity index (χ0n) is 8.32. The van der Waals surface area contributed by atoms with Crippen LogP contribution in [-0.2, 0) is 0 Å². The molecule has 0 aliphatic heterocycles. The zero-order valence-corrected chi connectivity index (χ0v) is 10.7. The van der Waals surface area contributed by atoms with Crippen molar-refractivity contribution in [2.75, 3.05) is 12.4 Å². The highest BCUT2D eigenvalue weighted by atomic mass is 79.9. The molecule has 0 aliphatic rings. The van der Waals surface area contributed by atoms with E-state index in [1.54, 1.807) is 24.1 Å². The highest BCUT2D eigenvalue weighted by molar-refractivity contribution is 9.10. The van der Waals surface area contributed by atoms with Gasteiger partial charge in [0.2, 0.25) is 0 Å². The summed E-state index contributed by atoms with van der Waals surface area (Å²) in [6.07, 6.45) is 4.45. The summed E-state index contributed by atoms with van der Waals surface area (Å²) in [6, 6.07) is 1.37. The minimum atomic E-state index is -0.384. The van der Waals surface area contributed by atoms with E-state index >= 15 is 0 Å². The molecule has 0 saturated heterocycles. The van der Waals surface area contributed by atoms with Gasteiger partial charge in [0.15, 0.2) is 4.60 Å². The number of nitrogens with one attached hydrogen (secondary N) is 1. The Balaban J connectivity index is 0.00000128. The number of pyridine rings is 1. The molecule has 2 heterocycles. The lowest BCUT2D eigenvalue weighted by atomic mass is 10.4. The van der Waals surface area contributed by atoms with Crippen LogP contribution >= 0.6 is 28.3 Å². The van der Waals surface area contributed by atoms with E-state index in [-0.39, 0.29) is 18.2 Å². The number of anilines is 1. The van der Waals surface area contributed by atoms with Crippen molar-refractivity contribution in [2.24, 2.45) is 0 Å². The SMILES string of the molecule is CNc1cn(-c2cncc(F)c2)nc1Br.Cl. The van der Waals surface area contributed by atoms with E-state index in [0.29, 0.717) is 10.3 Å². The van der Waals surface area contributed by atoms with Gasteiger partial charge in [0, 0.05) is 13.1 Å². The van der Waals surface area contributed by atoms with E-state index in [2.05, 4.69) is 31.3 Å². The Kier molecular flexibility index (Phi) is 4.26. The molecule has 0 atom stereocenters. The molecule has 0 spiro atoms. The maximum absolute atomic E-state index is 12.9. The van der Waals surface area contributed by atoms with Crippen LogP contribution in [-0.4, -0.2) is 21.8 Å². The molecule has 2 aromatic heterocycles. The topological polar surface area (TPSA) is 42.7 Å². The normalized spacial score (nSPS) is 9.69. The standard InChI is InChI=1S/C9H8BrFN4.ClH/c1-12-8-5-15(14-9(8)10)7-2-6(11)3-13-4-7;/h2-5,12H,1H3;1H. The highest BCUT2D eigenvalue weighted by Gasteiger charge is 2.06. The van der Waals surface area contributed by atoms with Crippen molar-refractivity contribution in [3.05, 3.63) is 35.1 Å². The Bertz CT molecular complexity index is 488. The first-order valence-corrected chi connectivity index (χ1v) is 5.04. The molecule has 2 aromatic rings. The van der Waals surface area contributed by atoms with Crippen molar-refractivity contribution in [1.29, 1.82) is 0 Å². The first-order valence-electron chi connectivity index (χ1n) is 4.24. The first kappa shape index (κ1) is 12.9. The van der Waals surface area contributed by atoms with Crippen molar-refractivity contribution in [3.8, 4) is 5.69 Å². The van der Waals surface area contributed by atoms with Crippen LogP contribution in [0.3, 0.4) is 0 Å². The van der Waals surface area contributed by atoms with E-state index in [1.165, 1.54) is 6.07 Å². The Labute approximate surface area is 106 Å². The molecule has 0 fully saturated rings. The fraction of sp³-hybridized carbons (Fsp3) is 0.111. The summed E-state index contributed by atoms with van der Waals surface area (Å²) in [6.45, 7) is 0. The molecule has 1 N–H and O–H groups in total. The summed E-state index contributed by atoms with van der Waals surface area (Å²) in [5, 5.41) is 7.11. The van der Waals surface area contributed by atoms with Gasteiger partial charge in [-0.2, -0.15) is 5.10 Å². The molecule has 0 radical (unpaired) electrons. The molecule has 4 nitrogen and oxygen atoms in total. The first-order chi connectivity index (χ1) is 7.20. The smallest absolute Gasteiger partial charge is 0.151 e. The van der Waals surface area contributed by atoms with Gasteiger partial charge < -0.3 is 5.32 Å². The lowest BCUT2D eigenvalue weighted by Crippen LogP contribution is -1.96. The van der Waals surface area contributed by atoms with E-state index in [4.69, 9.17) is 0 Å². The van der Waals surface area contributed by atoms with E-state index in [1.807, 2.05) is 0 Å². The van der Waals surface area contributed by atoms with Crippen molar-refractivity contribution >= 4 is 34.0 Å². The Hall–Kier alpha value is -1.14. The zero-order chi connectivity index (χ0) is 10.8. The second kappa shape index (κ2) is 5.27. The Morgan fingerprint density at radius 3 is 2.75 bits per heavy atom. The number of rotatable bonds is 2. The highest BCUT2D eigenvalue weighted by Crippen LogP contribution is 2.21. The monoisotopic (exact) mass is 306 g/mol. The van der Waals surface area contributed by atoms with Crippen LogP contribution in [0.4, 0.5) is 10.1 Å². The molecule has 0 unspecified atom stereocenters. The summed E-state index contributed by atoms with van der Waals surface area (Å²) >= 11 is 3.28. The van der Waals surface area contributed by atoms with Crippen LogP contribution in [0, 0.1) is 5.82 Å². The van der Waals surface area contributed by atoms with Crippen LogP contribution in [0.25, 0.3) is 5.69 Å². The third kappa shape index (κ3) is 2.51. The molecular weight excluding hydrogens is 298 g/mol. The molecule has 0 amide bonds. The van der Waals surface area contributed by atoms with Gasteiger partial charge in [0.25, 0.3) is 0 Å². The van der Waals surface area contributed by atoms with Crippen molar-refractivity contribution in [3.63, 3.8) is 0 Å². The Morgan fingerprint density at radius 2 is 2.19 bits per heavy atom. The van der Waals surface area contributed by atoms with Gasteiger partial charge in [-0.3, -0.25) is 4.98 Å². The van der Waals surface area contributed by atoms with Gasteiger partial charge in [-0.1, -0.05) is 0 Å². The maximum atomic E-state index is 12.9. The summed E-state index contributed by atoms with van der Waals surface area (Å²) in [4.78, 5) is 3.75. The maximum Gasteiger partial charge on any atom is 0.151 e. The number of aromatic nitrogens is 3. The van der Waals surface area contributed by atoms with Crippen molar-refractivity contribution in [2.45, 2.75) is 0 Å². The summed E-state index contributed by atoms with van der Waals surface area (Å²) < 4.78 is 15.1. The Morgan fingerprint density at radius 1 is 1.44 bits per heavy atom. The molecule has 0 aromatic carbocycles. The lowest BCUT2D eigenvalue weighted by molar-refractivity contribution is 0.618. The van der Waals surface area contributed by atoms with Gasteiger partial charge in [0.05, 0.1) is 30.0 Å². The number of halogens is 3. The molecular formula is C9H9BrClFN4. The molecule has 7 heteroatoms. The van der Waals surface area contributed by atoms with Crippen LogP contribution in [0.5, 0.6) is 0 Å². The quantitative estimate of drug-likeness (QED) is 0.927. The predicted molar refractivity (Wildman–Crippen MR) is 65.8 cm³/mol. The lowest BCUT2D eigenvalue weighted by Gasteiger charge is -1.99. The number of nitrogens with zero attached hydrogens (tertiary/aromatic N) is 3. The molecule has 86 valence electrons.